The first-order valence-electron chi connectivity index (χ1n) is 6.20. The van der Waals surface area contributed by atoms with Crippen molar-refractivity contribution in [3.63, 3.8) is 0 Å². The standard InChI is InChI=1S/C13H21N3/c1-11-6-9-16(10-7-11)13-4-2-3-12(15-13)5-8-14/h2-4,11H,5-10,14H2,1H3. The van der Waals surface area contributed by atoms with Crippen LogP contribution in [0, 0.1) is 5.92 Å². The van der Waals surface area contributed by atoms with E-state index in [0.717, 1.165) is 36.9 Å². The Kier molecular flexibility index (Phi) is 3.78. The average Bonchev–Trinajstić information content (AvgIpc) is 2.31. The molecule has 0 amide bonds. The molecule has 0 atom stereocenters. The first-order valence-corrected chi connectivity index (χ1v) is 6.20. The van der Waals surface area contributed by atoms with Crippen molar-refractivity contribution < 1.29 is 0 Å². The van der Waals surface area contributed by atoms with Crippen LogP contribution < -0.4 is 10.6 Å². The minimum Gasteiger partial charge on any atom is -0.357 e. The van der Waals surface area contributed by atoms with Gasteiger partial charge >= 0.3 is 0 Å². The normalized spacial score (nSPS) is 17.8. The summed E-state index contributed by atoms with van der Waals surface area (Å²) in [7, 11) is 0. The summed E-state index contributed by atoms with van der Waals surface area (Å²) in [5, 5.41) is 0. The fourth-order valence-electron chi connectivity index (χ4n) is 2.17. The summed E-state index contributed by atoms with van der Waals surface area (Å²) >= 11 is 0. The van der Waals surface area contributed by atoms with E-state index in [4.69, 9.17) is 5.73 Å². The van der Waals surface area contributed by atoms with Crippen molar-refractivity contribution in [2.75, 3.05) is 24.5 Å². The number of aromatic nitrogens is 1. The lowest BCUT2D eigenvalue weighted by Gasteiger charge is -2.31. The molecule has 1 aromatic heterocycles. The zero-order valence-electron chi connectivity index (χ0n) is 10.0. The van der Waals surface area contributed by atoms with Crippen molar-refractivity contribution in [2.45, 2.75) is 26.2 Å². The highest BCUT2D eigenvalue weighted by atomic mass is 15.2. The van der Waals surface area contributed by atoms with Gasteiger partial charge in [-0.2, -0.15) is 0 Å². The van der Waals surface area contributed by atoms with E-state index < -0.39 is 0 Å². The van der Waals surface area contributed by atoms with Gasteiger partial charge in [-0.3, -0.25) is 0 Å². The molecule has 0 aromatic carbocycles. The van der Waals surface area contributed by atoms with E-state index in [1.807, 2.05) is 0 Å². The zero-order valence-corrected chi connectivity index (χ0v) is 10.0. The third-order valence-corrected chi connectivity index (χ3v) is 3.30. The molecule has 2 N–H and O–H groups in total. The van der Waals surface area contributed by atoms with Gasteiger partial charge in [0, 0.05) is 25.2 Å². The molecule has 2 heterocycles. The molecule has 1 saturated heterocycles. The second-order valence-corrected chi connectivity index (χ2v) is 4.70. The van der Waals surface area contributed by atoms with Gasteiger partial charge in [0.15, 0.2) is 0 Å². The van der Waals surface area contributed by atoms with E-state index in [1.54, 1.807) is 0 Å². The number of nitrogens with two attached hydrogens (primary N) is 1. The summed E-state index contributed by atoms with van der Waals surface area (Å²) in [6.45, 7) is 5.28. The Morgan fingerprint density at radius 3 is 2.81 bits per heavy atom. The van der Waals surface area contributed by atoms with Gasteiger partial charge < -0.3 is 10.6 Å². The molecule has 0 saturated carbocycles. The Balaban J connectivity index is 2.05. The van der Waals surface area contributed by atoms with E-state index in [9.17, 15) is 0 Å². The highest BCUT2D eigenvalue weighted by molar-refractivity contribution is 5.39. The van der Waals surface area contributed by atoms with Crippen LogP contribution in [0.4, 0.5) is 5.82 Å². The van der Waals surface area contributed by atoms with Gasteiger partial charge in [0.2, 0.25) is 0 Å². The van der Waals surface area contributed by atoms with Crippen LogP contribution in [-0.4, -0.2) is 24.6 Å². The maximum absolute atomic E-state index is 5.55. The molecular weight excluding hydrogens is 198 g/mol. The second kappa shape index (κ2) is 5.30. The molecule has 1 aliphatic rings. The topological polar surface area (TPSA) is 42.1 Å². The Morgan fingerprint density at radius 2 is 2.12 bits per heavy atom. The molecule has 3 heteroatoms. The number of hydrogen-bond donors (Lipinski definition) is 1. The Bertz CT molecular complexity index is 330. The molecule has 0 radical (unpaired) electrons. The van der Waals surface area contributed by atoms with Crippen LogP contribution in [0.2, 0.25) is 0 Å². The summed E-state index contributed by atoms with van der Waals surface area (Å²) in [5.74, 6) is 1.99. The fraction of sp³-hybridized carbons (Fsp3) is 0.615. The molecule has 0 bridgehead atoms. The van der Waals surface area contributed by atoms with Crippen LogP contribution in [0.3, 0.4) is 0 Å². The van der Waals surface area contributed by atoms with Crippen LogP contribution in [0.1, 0.15) is 25.5 Å². The minimum atomic E-state index is 0.674. The summed E-state index contributed by atoms with van der Waals surface area (Å²) in [5.41, 5.74) is 6.66. The maximum atomic E-state index is 5.55. The largest absolute Gasteiger partial charge is 0.357 e. The van der Waals surface area contributed by atoms with Gasteiger partial charge in [0.1, 0.15) is 5.82 Å². The highest BCUT2D eigenvalue weighted by Gasteiger charge is 2.16. The zero-order chi connectivity index (χ0) is 11.4. The SMILES string of the molecule is CC1CCN(c2cccc(CCN)n2)CC1. The lowest BCUT2D eigenvalue weighted by Crippen LogP contribution is -2.33. The van der Waals surface area contributed by atoms with E-state index in [0.29, 0.717) is 6.54 Å². The van der Waals surface area contributed by atoms with E-state index in [-0.39, 0.29) is 0 Å². The molecule has 0 spiro atoms. The predicted molar refractivity (Wildman–Crippen MR) is 67.6 cm³/mol. The smallest absolute Gasteiger partial charge is 0.128 e. The number of anilines is 1. The summed E-state index contributed by atoms with van der Waals surface area (Å²) in [6.07, 6.45) is 3.43. The van der Waals surface area contributed by atoms with Gasteiger partial charge in [-0.05, 0) is 37.4 Å². The molecule has 1 aliphatic heterocycles. The average molecular weight is 219 g/mol. The number of hydrogen-bond acceptors (Lipinski definition) is 3. The molecule has 0 unspecified atom stereocenters. The lowest BCUT2D eigenvalue weighted by atomic mass is 9.99. The number of pyridine rings is 1. The first-order chi connectivity index (χ1) is 7.79. The van der Waals surface area contributed by atoms with Crippen LogP contribution in [0.25, 0.3) is 0 Å². The summed E-state index contributed by atoms with van der Waals surface area (Å²) < 4.78 is 0. The Hall–Kier alpha value is -1.09. The quantitative estimate of drug-likeness (QED) is 0.843. The third kappa shape index (κ3) is 2.73. The molecule has 1 fully saturated rings. The van der Waals surface area contributed by atoms with Gasteiger partial charge in [-0.1, -0.05) is 13.0 Å². The predicted octanol–water partition coefficient (Wildman–Crippen LogP) is 1.82. The molecule has 0 aliphatic carbocycles. The number of rotatable bonds is 3. The molecule has 3 nitrogen and oxygen atoms in total. The van der Waals surface area contributed by atoms with Crippen molar-refractivity contribution in [3.05, 3.63) is 23.9 Å². The second-order valence-electron chi connectivity index (χ2n) is 4.70. The fourth-order valence-corrected chi connectivity index (χ4v) is 2.17. The number of piperidine rings is 1. The Labute approximate surface area is 97.7 Å². The van der Waals surface area contributed by atoms with Crippen molar-refractivity contribution >= 4 is 5.82 Å². The highest BCUT2D eigenvalue weighted by Crippen LogP contribution is 2.21. The van der Waals surface area contributed by atoms with Crippen molar-refractivity contribution in [1.82, 2.24) is 4.98 Å². The molecule has 88 valence electrons. The third-order valence-electron chi connectivity index (χ3n) is 3.30. The molecule has 1 aromatic rings. The van der Waals surface area contributed by atoms with Crippen molar-refractivity contribution in [3.8, 4) is 0 Å². The van der Waals surface area contributed by atoms with Crippen LogP contribution in [-0.2, 0) is 6.42 Å². The van der Waals surface area contributed by atoms with E-state index in [1.165, 1.54) is 12.8 Å². The molecule has 2 rings (SSSR count). The number of nitrogens with zero attached hydrogens (tertiary/aromatic N) is 2. The van der Waals surface area contributed by atoms with E-state index >= 15 is 0 Å². The Morgan fingerprint density at radius 1 is 1.38 bits per heavy atom. The van der Waals surface area contributed by atoms with Gasteiger partial charge in [-0.15, -0.1) is 0 Å². The minimum absolute atomic E-state index is 0.674. The lowest BCUT2D eigenvalue weighted by molar-refractivity contribution is 0.436. The summed E-state index contributed by atoms with van der Waals surface area (Å²) in [6, 6.07) is 6.25. The maximum Gasteiger partial charge on any atom is 0.128 e. The van der Waals surface area contributed by atoms with Crippen molar-refractivity contribution in [1.29, 1.82) is 0 Å². The van der Waals surface area contributed by atoms with E-state index in [2.05, 4.69) is 35.0 Å². The summed E-state index contributed by atoms with van der Waals surface area (Å²) in [4.78, 5) is 7.05. The van der Waals surface area contributed by atoms with Crippen LogP contribution in [0.5, 0.6) is 0 Å². The van der Waals surface area contributed by atoms with Crippen LogP contribution >= 0.6 is 0 Å². The van der Waals surface area contributed by atoms with Gasteiger partial charge in [0.25, 0.3) is 0 Å². The molecular formula is C13H21N3. The van der Waals surface area contributed by atoms with Gasteiger partial charge in [0.05, 0.1) is 0 Å². The van der Waals surface area contributed by atoms with Crippen LogP contribution in [0.15, 0.2) is 18.2 Å². The first kappa shape index (κ1) is 11.4. The van der Waals surface area contributed by atoms with Crippen molar-refractivity contribution in [2.24, 2.45) is 11.7 Å². The monoisotopic (exact) mass is 219 g/mol. The molecule has 16 heavy (non-hydrogen) atoms. The van der Waals surface area contributed by atoms with Gasteiger partial charge in [-0.25, -0.2) is 4.98 Å².